The zero-order valence-electron chi connectivity index (χ0n) is 11.9. The lowest BCUT2D eigenvalue weighted by atomic mass is 10.2. The summed E-state index contributed by atoms with van der Waals surface area (Å²) in [6.07, 6.45) is 3.29. The molecule has 0 aliphatic rings. The molecule has 0 radical (unpaired) electrons. The fraction of sp³-hybridized carbons (Fsp3) is 0.0625. The van der Waals surface area contributed by atoms with E-state index in [1.165, 1.54) is 7.11 Å². The highest BCUT2D eigenvalue weighted by molar-refractivity contribution is 5.91. The Hall–Kier alpha value is -3.15. The number of hydrazone groups is 1. The summed E-state index contributed by atoms with van der Waals surface area (Å²) < 4.78 is 4.99. The summed E-state index contributed by atoms with van der Waals surface area (Å²) in [5, 5.41) is 23.7. The van der Waals surface area contributed by atoms with Crippen molar-refractivity contribution < 1.29 is 9.84 Å². The molecule has 2 aromatic carbocycles. The zero-order valence-corrected chi connectivity index (χ0v) is 11.9. The molecule has 0 saturated carbocycles. The Morgan fingerprint density at radius 1 is 1.23 bits per heavy atom. The summed E-state index contributed by atoms with van der Waals surface area (Å²) in [5.41, 5.74) is 3.60. The smallest absolute Gasteiger partial charge is 0.176 e. The molecule has 22 heavy (non-hydrogen) atoms. The molecule has 0 aliphatic heterocycles. The second kappa shape index (κ2) is 6.09. The molecule has 2 N–H and O–H groups in total. The maximum atomic E-state index is 9.72. The molecule has 1 heterocycles. The van der Waals surface area contributed by atoms with E-state index in [1.54, 1.807) is 30.6 Å². The molecule has 0 amide bonds. The minimum Gasteiger partial charge on any atom is -0.504 e. The second-order valence-electron chi connectivity index (χ2n) is 4.58. The van der Waals surface area contributed by atoms with Gasteiger partial charge >= 0.3 is 0 Å². The van der Waals surface area contributed by atoms with Crippen LogP contribution in [0.15, 0.2) is 53.8 Å². The Morgan fingerprint density at radius 3 is 2.91 bits per heavy atom. The molecule has 3 aromatic rings. The maximum Gasteiger partial charge on any atom is 0.176 e. The Morgan fingerprint density at radius 2 is 2.09 bits per heavy atom. The molecule has 6 heteroatoms. The lowest BCUT2D eigenvalue weighted by Gasteiger charge is -2.04. The van der Waals surface area contributed by atoms with E-state index >= 15 is 0 Å². The van der Waals surface area contributed by atoms with Gasteiger partial charge < -0.3 is 9.84 Å². The molecule has 0 fully saturated rings. The summed E-state index contributed by atoms with van der Waals surface area (Å²) >= 11 is 0. The van der Waals surface area contributed by atoms with Crippen LogP contribution < -0.4 is 10.2 Å². The topological polar surface area (TPSA) is 79.6 Å². The second-order valence-corrected chi connectivity index (χ2v) is 4.58. The van der Waals surface area contributed by atoms with E-state index < -0.39 is 0 Å². The number of benzene rings is 2. The fourth-order valence-electron chi connectivity index (χ4n) is 2.07. The molecule has 1 aromatic heterocycles. The summed E-state index contributed by atoms with van der Waals surface area (Å²) in [6.45, 7) is 0. The highest BCUT2D eigenvalue weighted by Gasteiger charge is 2.02. The Kier molecular flexibility index (Phi) is 3.82. The van der Waals surface area contributed by atoms with Crippen molar-refractivity contribution in [2.75, 3.05) is 12.5 Å². The normalized spacial score (nSPS) is 11.0. The van der Waals surface area contributed by atoms with E-state index in [9.17, 15) is 5.11 Å². The number of hydrogen-bond donors (Lipinski definition) is 2. The first kappa shape index (κ1) is 13.8. The average Bonchev–Trinajstić information content (AvgIpc) is 2.55. The number of hydrogen-bond acceptors (Lipinski definition) is 6. The first-order valence-corrected chi connectivity index (χ1v) is 6.64. The highest BCUT2D eigenvalue weighted by Crippen LogP contribution is 2.25. The van der Waals surface area contributed by atoms with Crippen LogP contribution in [-0.4, -0.2) is 28.6 Å². The van der Waals surface area contributed by atoms with Gasteiger partial charge in [0.2, 0.25) is 0 Å². The van der Waals surface area contributed by atoms with Crippen LogP contribution in [0.2, 0.25) is 0 Å². The van der Waals surface area contributed by atoms with Gasteiger partial charge in [0, 0.05) is 10.8 Å². The average molecular weight is 294 g/mol. The van der Waals surface area contributed by atoms with Gasteiger partial charge in [-0.05, 0) is 23.8 Å². The number of aromatic hydroxyl groups is 1. The van der Waals surface area contributed by atoms with Crippen molar-refractivity contribution in [3.63, 3.8) is 0 Å². The fourth-order valence-corrected chi connectivity index (χ4v) is 2.07. The lowest BCUT2D eigenvalue weighted by Crippen LogP contribution is -1.96. The number of nitrogens with one attached hydrogen (secondary N) is 1. The number of rotatable bonds is 4. The number of phenolic OH excluding ortho intramolecular Hbond substituents is 1. The number of methoxy groups -OCH3 is 1. The molecule has 0 aliphatic carbocycles. The molecule has 0 spiro atoms. The van der Waals surface area contributed by atoms with Crippen LogP contribution in [-0.2, 0) is 0 Å². The third-order valence-corrected chi connectivity index (χ3v) is 3.16. The van der Waals surface area contributed by atoms with Crippen molar-refractivity contribution in [3.05, 3.63) is 54.2 Å². The van der Waals surface area contributed by atoms with E-state index in [-0.39, 0.29) is 5.75 Å². The Bertz CT molecular complexity index is 828. The van der Waals surface area contributed by atoms with E-state index in [1.807, 2.05) is 24.3 Å². The lowest BCUT2D eigenvalue weighted by molar-refractivity contribution is 0.373. The van der Waals surface area contributed by atoms with Gasteiger partial charge in [0.15, 0.2) is 17.3 Å². The number of anilines is 1. The molecule has 110 valence electrons. The number of ether oxygens (including phenoxy) is 1. The van der Waals surface area contributed by atoms with Gasteiger partial charge in [-0.1, -0.05) is 24.3 Å². The monoisotopic (exact) mass is 294 g/mol. The Labute approximate surface area is 127 Å². The summed E-state index contributed by atoms with van der Waals surface area (Å²) in [6, 6.07) is 12.8. The van der Waals surface area contributed by atoms with Crippen molar-refractivity contribution in [2.24, 2.45) is 5.10 Å². The number of fused-ring (bicyclic) bond motifs is 1. The van der Waals surface area contributed by atoms with Crippen LogP contribution in [0, 0.1) is 0 Å². The molecule has 0 unspecified atom stereocenters. The van der Waals surface area contributed by atoms with Crippen molar-refractivity contribution in [2.45, 2.75) is 0 Å². The molecule has 0 saturated heterocycles. The van der Waals surface area contributed by atoms with Gasteiger partial charge in [0.1, 0.15) is 0 Å². The van der Waals surface area contributed by atoms with Crippen LogP contribution >= 0.6 is 0 Å². The van der Waals surface area contributed by atoms with Crippen molar-refractivity contribution in [1.29, 1.82) is 0 Å². The minimum absolute atomic E-state index is 0.0661. The molecule has 3 rings (SSSR count). The van der Waals surface area contributed by atoms with E-state index in [4.69, 9.17) is 4.74 Å². The number of phenols is 1. The number of nitrogens with zero attached hydrogens (tertiary/aromatic N) is 3. The summed E-state index contributed by atoms with van der Waals surface area (Å²) in [5.74, 6) is 1.06. The molecule has 0 bridgehead atoms. The largest absolute Gasteiger partial charge is 0.504 e. The van der Waals surface area contributed by atoms with Crippen molar-refractivity contribution >= 4 is 22.8 Å². The molecular weight excluding hydrogens is 280 g/mol. The quantitative estimate of drug-likeness (QED) is 0.571. The summed E-state index contributed by atoms with van der Waals surface area (Å²) in [4.78, 5) is 0. The van der Waals surface area contributed by atoms with Crippen molar-refractivity contribution in [3.8, 4) is 11.5 Å². The zero-order chi connectivity index (χ0) is 15.4. The third kappa shape index (κ3) is 2.80. The van der Waals surface area contributed by atoms with Gasteiger partial charge in [-0.3, -0.25) is 5.43 Å². The van der Waals surface area contributed by atoms with Gasteiger partial charge in [0.05, 0.1) is 19.5 Å². The van der Waals surface area contributed by atoms with Crippen LogP contribution in [0.25, 0.3) is 10.8 Å². The molecule has 6 nitrogen and oxygen atoms in total. The Balaban J connectivity index is 1.80. The highest BCUT2D eigenvalue weighted by atomic mass is 16.5. The standard InChI is InChI=1S/C16H14N4O2/c1-22-15-7-6-11(8-14(15)21)9-17-19-16-13-5-3-2-4-12(13)10-18-20-16/h2-10,21H,1H3,(H,19,20)/b17-9+. The van der Waals surface area contributed by atoms with E-state index in [0.29, 0.717) is 11.6 Å². The third-order valence-electron chi connectivity index (χ3n) is 3.16. The number of aromatic nitrogens is 2. The predicted octanol–water partition coefficient (Wildman–Crippen LogP) is 2.79. The maximum absolute atomic E-state index is 9.72. The minimum atomic E-state index is 0.0661. The first-order chi connectivity index (χ1) is 10.8. The van der Waals surface area contributed by atoms with E-state index in [2.05, 4.69) is 20.7 Å². The van der Waals surface area contributed by atoms with Gasteiger partial charge in [-0.2, -0.15) is 10.2 Å². The SMILES string of the molecule is COc1ccc(/C=N/Nc2nncc3ccccc23)cc1O. The summed E-state index contributed by atoms with van der Waals surface area (Å²) in [7, 11) is 1.50. The molecular formula is C16H14N4O2. The van der Waals surface area contributed by atoms with Gasteiger partial charge in [0.25, 0.3) is 0 Å². The van der Waals surface area contributed by atoms with Gasteiger partial charge in [-0.15, -0.1) is 5.10 Å². The van der Waals surface area contributed by atoms with Crippen LogP contribution in [0.1, 0.15) is 5.56 Å². The van der Waals surface area contributed by atoms with Crippen molar-refractivity contribution in [1.82, 2.24) is 10.2 Å². The van der Waals surface area contributed by atoms with Crippen LogP contribution in [0.3, 0.4) is 0 Å². The van der Waals surface area contributed by atoms with Crippen LogP contribution in [0.4, 0.5) is 5.82 Å². The first-order valence-electron chi connectivity index (χ1n) is 6.64. The van der Waals surface area contributed by atoms with Crippen LogP contribution in [0.5, 0.6) is 11.5 Å². The molecule has 0 atom stereocenters. The van der Waals surface area contributed by atoms with Gasteiger partial charge in [-0.25, -0.2) is 0 Å². The van der Waals surface area contributed by atoms with E-state index in [0.717, 1.165) is 16.3 Å². The predicted molar refractivity (Wildman–Crippen MR) is 85.4 cm³/mol.